The average molecular weight is 515 g/mol. The number of nitrogens with zero attached hydrogens (tertiary/aromatic N) is 2. The summed E-state index contributed by atoms with van der Waals surface area (Å²) >= 11 is 1.19. The highest BCUT2D eigenvalue weighted by molar-refractivity contribution is 14.0. The molecule has 0 spiro atoms. The fourth-order valence-corrected chi connectivity index (χ4v) is 4.65. The second kappa shape index (κ2) is 11.0. The highest BCUT2D eigenvalue weighted by Gasteiger charge is 2.21. The van der Waals surface area contributed by atoms with Gasteiger partial charge in [0.2, 0.25) is 15.9 Å². The smallest absolute Gasteiger partial charge is 0.250 e. The quantitative estimate of drug-likeness (QED) is 0.225. The third-order valence-corrected chi connectivity index (χ3v) is 6.83. The van der Waals surface area contributed by atoms with Crippen LogP contribution in [-0.4, -0.2) is 64.5 Å². The average Bonchev–Trinajstić information content (AvgIpc) is 3.13. The number of aliphatic imine (C=N–C) groups is 1. The summed E-state index contributed by atoms with van der Waals surface area (Å²) < 4.78 is 26.9. The number of hydrogen-bond acceptors (Lipinski definition) is 5. The van der Waals surface area contributed by atoms with Crippen LogP contribution >= 0.6 is 35.3 Å². The Morgan fingerprint density at radius 2 is 2.04 bits per heavy atom. The summed E-state index contributed by atoms with van der Waals surface area (Å²) in [5, 5.41) is 8.15. The van der Waals surface area contributed by atoms with Crippen LogP contribution in [0.5, 0.6) is 0 Å². The maximum atomic E-state index is 12.0. The Morgan fingerprint density at radius 1 is 1.35 bits per heavy atom. The summed E-state index contributed by atoms with van der Waals surface area (Å²) in [5.74, 6) is 0.746. The van der Waals surface area contributed by atoms with Gasteiger partial charge in [-0.1, -0.05) is 6.07 Å². The van der Waals surface area contributed by atoms with Crippen molar-refractivity contribution in [2.24, 2.45) is 4.99 Å². The number of guanidine groups is 1. The summed E-state index contributed by atoms with van der Waals surface area (Å²) in [6, 6.07) is 3.54. The first-order valence-corrected chi connectivity index (χ1v) is 10.5. The van der Waals surface area contributed by atoms with E-state index in [4.69, 9.17) is 0 Å². The van der Waals surface area contributed by atoms with Crippen LogP contribution in [0.2, 0.25) is 0 Å². The molecule has 3 N–H and O–H groups in total. The second-order valence-electron chi connectivity index (χ2n) is 5.75. The van der Waals surface area contributed by atoms with E-state index in [1.54, 1.807) is 31.5 Å². The molecule has 11 heteroatoms. The van der Waals surface area contributed by atoms with Gasteiger partial charge in [-0.25, -0.2) is 13.1 Å². The third kappa shape index (κ3) is 7.00. The molecule has 0 unspecified atom stereocenters. The number of amides is 1. The molecular formula is C15H26IN5O3S2. The molecule has 1 aliphatic rings. The van der Waals surface area contributed by atoms with Crippen molar-refractivity contribution in [3.05, 3.63) is 17.5 Å². The maximum absolute atomic E-state index is 12.0. The van der Waals surface area contributed by atoms with Crippen molar-refractivity contribution >= 4 is 57.2 Å². The summed E-state index contributed by atoms with van der Waals surface area (Å²) in [6.07, 6.45) is 1.73. The Labute approximate surface area is 175 Å². The van der Waals surface area contributed by atoms with Crippen molar-refractivity contribution in [1.29, 1.82) is 0 Å². The van der Waals surface area contributed by atoms with Gasteiger partial charge in [-0.15, -0.1) is 35.3 Å². The number of carbonyl (C=O) groups excluding carboxylic acids is 1. The van der Waals surface area contributed by atoms with Crippen LogP contribution in [0.3, 0.4) is 0 Å². The highest BCUT2D eigenvalue weighted by Crippen LogP contribution is 2.14. The lowest BCUT2D eigenvalue weighted by Crippen LogP contribution is -2.50. The molecule has 0 aliphatic carbocycles. The molecule has 1 aromatic rings. The molecular weight excluding hydrogens is 489 g/mol. The van der Waals surface area contributed by atoms with Crippen molar-refractivity contribution in [2.45, 2.75) is 30.0 Å². The van der Waals surface area contributed by atoms with Gasteiger partial charge in [0.1, 0.15) is 4.21 Å². The van der Waals surface area contributed by atoms with Crippen LogP contribution in [-0.2, 0) is 14.8 Å². The van der Waals surface area contributed by atoms with Crippen LogP contribution < -0.4 is 15.4 Å². The molecule has 0 saturated carbocycles. The van der Waals surface area contributed by atoms with E-state index in [9.17, 15) is 13.2 Å². The van der Waals surface area contributed by atoms with E-state index in [0.717, 1.165) is 25.9 Å². The predicted molar refractivity (Wildman–Crippen MR) is 115 cm³/mol. The SMILES string of the molecule is CN=C(NCCNS(=O)(=O)c1cccs1)NC1CCN(C(C)=O)CC1.I. The van der Waals surface area contributed by atoms with Crippen LogP contribution in [0.25, 0.3) is 0 Å². The Kier molecular flexibility index (Phi) is 9.82. The summed E-state index contributed by atoms with van der Waals surface area (Å²) in [7, 11) is -1.76. The molecule has 0 atom stereocenters. The number of piperidine rings is 1. The molecule has 0 bridgehead atoms. The van der Waals surface area contributed by atoms with E-state index in [-0.39, 0.29) is 42.5 Å². The van der Waals surface area contributed by atoms with E-state index in [1.807, 2.05) is 4.90 Å². The molecule has 1 aliphatic heterocycles. The van der Waals surface area contributed by atoms with Gasteiger partial charge in [0, 0.05) is 46.2 Å². The molecule has 1 aromatic heterocycles. The Balaban J connectivity index is 0.00000338. The Hall–Kier alpha value is -0.920. The second-order valence-corrected chi connectivity index (χ2v) is 8.70. The first-order chi connectivity index (χ1) is 11.9. The number of rotatable bonds is 6. The largest absolute Gasteiger partial charge is 0.355 e. The molecule has 0 radical (unpaired) electrons. The lowest BCUT2D eigenvalue weighted by Gasteiger charge is -2.32. The number of sulfonamides is 1. The zero-order chi connectivity index (χ0) is 18.3. The minimum Gasteiger partial charge on any atom is -0.355 e. The zero-order valence-corrected chi connectivity index (χ0v) is 18.9. The van der Waals surface area contributed by atoms with Gasteiger partial charge >= 0.3 is 0 Å². The number of thiophene rings is 1. The number of carbonyl (C=O) groups is 1. The number of nitrogens with one attached hydrogen (secondary N) is 3. The van der Waals surface area contributed by atoms with Crippen LogP contribution in [0.1, 0.15) is 19.8 Å². The fraction of sp³-hybridized carbons (Fsp3) is 0.600. The van der Waals surface area contributed by atoms with E-state index < -0.39 is 10.0 Å². The van der Waals surface area contributed by atoms with Crippen molar-refractivity contribution in [3.63, 3.8) is 0 Å². The first kappa shape index (κ1) is 23.1. The lowest BCUT2D eigenvalue weighted by molar-refractivity contribution is -0.129. The summed E-state index contributed by atoms with van der Waals surface area (Å²) in [6.45, 7) is 3.76. The summed E-state index contributed by atoms with van der Waals surface area (Å²) in [4.78, 5) is 17.3. The Morgan fingerprint density at radius 3 is 2.58 bits per heavy atom. The standard InChI is InChI=1S/C15H25N5O3S2.HI/c1-12(21)20-9-5-13(6-10-20)19-15(16-2)17-7-8-18-25(22,23)14-4-3-11-24-14;/h3-4,11,13,18H,5-10H2,1-2H3,(H2,16,17,19);1H. The summed E-state index contributed by atoms with van der Waals surface area (Å²) in [5.41, 5.74) is 0. The van der Waals surface area contributed by atoms with Gasteiger partial charge in [0.15, 0.2) is 5.96 Å². The van der Waals surface area contributed by atoms with Crippen molar-refractivity contribution in [1.82, 2.24) is 20.3 Å². The first-order valence-electron chi connectivity index (χ1n) is 8.18. The zero-order valence-electron chi connectivity index (χ0n) is 14.9. The van der Waals surface area contributed by atoms with Crippen molar-refractivity contribution < 1.29 is 13.2 Å². The third-order valence-electron chi connectivity index (χ3n) is 3.97. The van der Waals surface area contributed by atoms with Crippen LogP contribution in [0.15, 0.2) is 26.7 Å². The van der Waals surface area contributed by atoms with Gasteiger partial charge in [-0.3, -0.25) is 9.79 Å². The highest BCUT2D eigenvalue weighted by atomic mass is 127. The van der Waals surface area contributed by atoms with Gasteiger partial charge in [0.25, 0.3) is 0 Å². The molecule has 2 heterocycles. The molecule has 26 heavy (non-hydrogen) atoms. The van der Waals surface area contributed by atoms with Crippen molar-refractivity contribution in [3.8, 4) is 0 Å². The molecule has 2 rings (SSSR count). The van der Waals surface area contributed by atoms with E-state index >= 15 is 0 Å². The van der Waals surface area contributed by atoms with Gasteiger partial charge in [-0.2, -0.15) is 0 Å². The van der Waals surface area contributed by atoms with Gasteiger partial charge in [-0.05, 0) is 24.3 Å². The van der Waals surface area contributed by atoms with E-state index in [0.29, 0.717) is 16.7 Å². The minimum absolute atomic E-state index is 0. The predicted octanol–water partition coefficient (Wildman–Crippen LogP) is 0.820. The van der Waals surface area contributed by atoms with Crippen LogP contribution in [0.4, 0.5) is 0 Å². The van der Waals surface area contributed by atoms with Crippen molar-refractivity contribution in [2.75, 3.05) is 33.2 Å². The maximum Gasteiger partial charge on any atom is 0.250 e. The van der Waals surface area contributed by atoms with Gasteiger partial charge in [0.05, 0.1) is 0 Å². The Bertz CT molecular complexity index is 686. The van der Waals surface area contributed by atoms with Gasteiger partial charge < -0.3 is 15.5 Å². The lowest BCUT2D eigenvalue weighted by atomic mass is 10.1. The molecule has 0 aromatic carbocycles. The fourth-order valence-electron chi connectivity index (χ4n) is 2.58. The molecule has 148 valence electrons. The van der Waals surface area contributed by atoms with E-state index in [2.05, 4.69) is 20.3 Å². The molecule has 1 saturated heterocycles. The molecule has 8 nitrogen and oxygen atoms in total. The number of hydrogen-bond donors (Lipinski definition) is 3. The monoisotopic (exact) mass is 515 g/mol. The molecule has 1 amide bonds. The molecule has 1 fully saturated rings. The van der Waals surface area contributed by atoms with Crippen LogP contribution in [0, 0.1) is 0 Å². The topological polar surface area (TPSA) is 103 Å². The minimum atomic E-state index is -3.43. The van der Waals surface area contributed by atoms with E-state index in [1.165, 1.54) is 11.3 Å². The number of halogens is 1. The normalized spacial score (nSPS) is 16.1. The number of likely N-dealkylation sites (tertiary alicyclic amines) is 1.